The Morgan fingerprint density at radius 3 is 2.29 bits per heavy atom. The van der Waals surface area contributed by atoms with Crippen molar-refractivity contribution in [3.63, 3.8) is 0 Å². The Morgan fingerprint density at radius 2 is 1.86 bits per heavy atom. The van der Waals surface area contributed by atoms with E-state index in [4.69, 9.17) is 5.73 Å². The molecule has 1 aromatic rings. The minimum atomic E-state index is -3.44. The summed E-state index contributed by atoms with van der Waals surface area (Å²) in [6, 6.07) is 3.32. The van der Waals surface area contributed by atoms with Crippen LogP contribution in [0, 0.1) is 5.82 Å². The number of rotatable bonds is 2. The van der Waals surface area contributed by atoms with E-state index in [-0.39, 0.29) is 10.6 Å². The molecule has 2 N–H and O–H groups in total. The predicted molar refractivity (Wildman–Crippen MR) is 53.1 cm³/mol. The molecule has 0 aliphatic rings. The zero-order valence-corrected chi connectivity index (χ0v) is 8.81. The number of hydrogen-bond donors (Lipinski definition) is 1. The summed E-state index contributed by atoms with van der Waals surface area (Å²) < 4.78 is 36.1. The largest absolute Gasteiger partial charge is 0.399 e. The molecule has 3 nitrogen and oxygen atoms in total. The van der Waals surface area contributed by atoms with Crippen LogP contribution in [-0.4, -0.2) is 13.7 Å². The van der Waals surface area contributed by atoms with Gasteiger partial charge in [0.05, 0.1) is 10.1 Å². The molecule has 1 aromatic carbocycles. The van der Waals surface area contributed by atoms with Gasteiger partial charge in [-0.1, -0.05) is 0 Å². The van der Waals surface area contributed by atoms with Gasteiger partial charge in [0.15, 0.2) is 9.84 Å². The Bertz CT molecular complexity index is 420. The molecule has 78 valence electrons. The lowest BCUT2D eigenvalue weighted by atomic mass is 10.3. The molecule has 0 bridgehead atoms. The van der Waals surface area contributed by atoms with Crippen LogP contribution in [0.5, 0.6) is 0 Å². The second kappa shape index (κ2) is 3.57. The SMILES string of the molecule is CC(C)S(=O)(=O)c1cc(N)cc(F)c1. The molecule has 0 saturated heterocycles. The van der Waals surface area contributed by atoms with Crippen LogP contribution in [0.3, 0.4) is 0 Å². The summed E-state index contributed by atoms with van der Waals surface area (Å²) >= 11 is 0. The summed E-state index contributed by atoms with van der Waals surface area (Å²) in [5.41, 5.74) is 5.47. The average molecular weight is 217 g/mol. The summed E-state index contributed by atoms with van der Waals surface area (Å²) in [6.45, 7) is 3.08. The third kappa shape index (κ3) is 2.04. The first-order chi connectivity index (χ1) is 6.34. The highest BCUT2D eigenvalue weighted by molar-refractivity contribution is 7.92. The molecule has 0 unspecified atom stereocenters. The zero-order valence-electron chi connectivity index (χ0n) is 7.99. The Morgan fingerprint density at radius 1 is 1.29 bits per heavy atom. The summed E-state index contributed by atoms with van der Waals surface area (Å²) in [6.07, 6.45) is 0. The van der Waals surface area contributed by atoms with Gasteiger partial charge in [0, 0.05) is 5.69 Å². The van der Waals surface area contributed by atoms with Crippen LogP contribution >= 0.6 is 0 Å². The molecule has 0 radical (unpaired) electrons. The number of sulfone groups is 1. The molecule has 0 amide bonds. The average Bonchev–Trinajstić information content (AvgIpc) is 2.01. The van der Waals surface area contributed by atoms with Crippen LogP contribution in [0.2, 0.25) is 0 Å². The van der Waals surface area contributed by atoms with E-state index in [0.29, 0.717) is 0 Å². The van der Waals surface area contributed by atoms with Gasteiger partial charge in [-0.2, -0.15) is 0 Å². The van der Waals surface area contributed by atoms with Crippen molar-refractivity contribution in [2.75, 3.05) is 5.73 Å². The van der Waals surface area contributed by atoms with Crippen LogP contribution in [0.25, 0.3) is 0 Å². The third-order valence-electron chi connectivity index (χ3n) is 1.84. The molecule has 14 heavy (non-hydrogen) atoms. The number of nitrogen functional groups attached to an aromatic ring is 1. The van der Waals surface area contributed by atoms with E-state index in [1.54, 1.807) is 0 Å². The first kappa shape index (κ1) is 11.0. The van der Waals surface area contributed by atoms with Gasteiger partial charge in [0.2, 0.25) is 0 Å². The number of halogens is 1. The molecule has 0 aromatic heterocycles. The second-order valence-corrected chi connectivity index (χ2v) is 5.82. The van der Waals surface area contributed by atoms with E-state index in [2.05, 4.69) is 0 Å². The van der Waals surface area contributed by atoms with Gasteiger partial charge in [-0.15, -0.1) is 0 Å². The van der Waals surface area contributed by atoms with Crippen LogP contribution < -0.4 is 5.73 Å². The van der Waals surface area contributed by atoms with Crippen molar-refractivity contribution < 1.29 is 12.8 Å². The number of hydrogen-bond acceptors (Lipinski definition) is 3. The quantitative estimate of drug-likeness (QED) is 0.765. The second-order valence-electron chi connectivity index (χ2n) is 3.31. The molecular formula is C9H12FNO2S. The van der Waals surface area contributed by atoms with E-state index in [1.165, 1.54) is 19.9 Å². The van der Waals surface area contributed by atoms with Gasteiger partial charge in [-0.3, -0.25) is 0 Å². The van der Waals surface area contributed by atoms with Crippen molar-refractivity contribution in [2.45, 2.75) is 24.0 Å². The number of benzene rings is 1. The number of anilines is 1. The highest BCUT2D eigenvalue weighted by Gasteiger charge is 2.19. The Hall–Kier alpha value is -1.10. The minimum absolute atomic E-state index is 0.0648. The zero-order chi connectivity index (χ0) is 10.9. The Labute approximate surface area is 82.7 Å². The smallest absolute Gasteiger partial charge is 0.180 e. The van der Waals surface area contributed by atoms with Crippen LogP contribution in [0.4, 0.5) is 10.1 Å². The fourth-order valence-corrected chi connectivity index (χ4v) is 2.14. The first-order valence-electron chi connectivity index (χ1n) is 4.14. The van der Waals surface area contributed by atoms with E-state index >= 15 is 0 Å². The van der Waals surface area contributed by atoms with Crippen LogP contribution in [0.1, 0.15) is 13.8 Å². The van der Waals surface area contributed by atoms with E-state index in [9.17, 15) is 12.8 Å². The normalized spacial score (nSPS) is 12.0. The maximum Gasteiger partial charge on any atom is 0.180 e. The van der Waals surface area contributed by atoms with Gasteiger partial charge < -0.3 is 5.73 Å². The summed E-state index contributed by atoms with van der Waals surface area (Å²) in [5.74, 6) is -0.635. The molecule has 0 atom stereocenters. The minimum Gasteiger partial charge on any atom is -0.399 e. The molecule has 1 rings (SSSR count). The molecular weight excluding hydrogens is 205 g/mol. The highest BCUT2D eigenvalue weighted by atomic mass is 32.2. The Kier molecular flexibility index (Phi) is 2.80. The standard InChI is InChI=1S/C9H12FNO2S/c1-6(2)14(12,13)9-4-7(10)3-8(11)5-9/h3-6H,11H2,1-2H3. The topological polar surface area (TPSA) is 60.2 Å². The number of nitrogens with two attached hydrogens (primary N) is 1. The van der Waals surface area contributed by atoms with Crippen molar-refractivity contribution >= 4 is 15.5 Å². The van der Waals surface area contributed by atoms with Crippen LogP contribution in [-0.2, 0) is 9.84 Å². The third-order valence-corrected chi connectivity index (χ3v) is 3.98. The predicted octanol–water partition coefficient (Wildman–Crippen LogP) is 1.59. The Balaban J connectivity index is 3.34. The van der Waals surface area contributed by atoms with Gasteiger partial charge in [-0.05, 0) is 32.0 Å². The lowest BCUT2D eigenvalue weighted by molar-refractivity contribution is 0.583. The molecule has 0 aliphatic carbocycles. The first-order valence-corrected chi connectivity index (χ1v) is 5.68. The van der Waals surface area contributed by atoms with Gasteiger partial charge in [0.1, 0.15) is 5.82 Å². The summed E-state index contributed by atoms with van der Waals surface area (Å²) in [4.78, 5) is -0.0648. The summed E-state index contributed by atoms with van der Waals surface area (Å²) in [7, 11) is -3.44. The van der Waals surface area contributed by atoms with Crippen molar-refractivity contribution in [3.8, 4) is 0 Å². The van der Waals surface area contributed by atoms with E-state index in [1.807, 2.05) is 0 Å². The van der Waals surface area contributed by atoms with E-state index in [0.717, 1.165) is 12.1 Å². The van der Waals surface area contributed by atoms with Gasteiger partial charge in [-0.25, -0.2) is 12.8 Å². The monoisotopic (exact) mass is 217 g/mol. The maximum absolute atomic E-state index is 12.9. The van der Waals surface area contributed by atoms with Gasteiger partial charge >= 0.3 is 0 Å². The highest BCUT2D eigenvalue weighted by Crippen LogP contribution is 2.19. The molecule has 0 heterocycles. The molecule has 0 spiro atoms. The van der Waals surface area contributed by atoms with Crippen molar-refractivity contribution in [1.29, 1.82) is 0 Å². The fraction of sp³-hybridized carbons (Fsp3) is 0.333. The fourth-order valence-electron chi connectivity index (χ4n) is 1.02. The van der Waals surface area contributed by atoms with Gasteiger partial charge in [0.25, 0.3) is 0 Å². The van der Waals surface area contributed by atoms with Crippen molar-refractivity contribution in [2.24, 2.45) is 0 Å². The summed E-state index contributed by atoms with van der Waals surface area (Å²) in [5, 5.41) is -0.580. The van der Waals surface area contributed by atoms with E-state index < -0.39 is 20.9 Å². The maximum atomic E-state index is 12.9. The molecule has 0 aliphatic heterocycles. The lowest BCUT2D eigenvalue weighted by Gasteiger charge is -2.08. The van der Waals surface area contributed by atoms with Crippen LogP contribution in [0.15, 0.2) is 23.1 Å². The molecule has 0 saturated carbocycles. The molecule has 5 heteroatoms. The lowest BCUT2D eigenvalue weighted by Crippen LogP contribution is -2.14. The molecule has 0 fully saturated rings. The van der Waals surface area contributed by atoms with Crippen molar-refractivity contribution in [3.05, 3.63) is 24.0 Å². The van der Waals surface area contributed by atoms with Crippen molar-refractivity contribution in [1.82, 2.24) is 0 Å².